The zero-order valence-corrected chi connectivity index (χ0v) is 20.1. The summed E-state index contributed by atoms with van der Waals surface area (Å²) in [5.74, 6) is -1.47. The van der Waals surface area contributed by atoms with Crippen LogP contribution in [-0.4, -0.2) is 43.6 Å². The Labute approximate surface area is 208 Å². The van der Waals surface area contributed by atoms with Crippen molar-refractivity contribution in [1.82, 2.24) is 0 Å². The molecule has 0 saturated carbocycles. The van der Waals surface area contributed by atoms with Crippen molar-refractivity contribution < 1.29 is 33.7 Å². The summed E-state index contributed by atoms with van der Waals surface area (Å²) in [6, 6.07) is 18.7. The summed E-state index contributed by atoms with van der Waals surface area (Å²) in [7, 11) is 2.77. The molecule has 3 aromatic carbocycles. The van der Waals surface area contributed by atoms with Gasteiger partial charge in [0.2, 0.25) is 0 Å². The highest BCUT2D eigenvalue weighted by molar-refractivity contribution is 6.51. The van der Waals surface area contributed by atoms with Crippen molar-refractivity contribution in [3.63, 3.8) is 0 Å². The van der Waals surface area contributed by atoms with Gasteiger partial charge in [0.15, 0.2) is 0 Å². The first-order valence-corrected chi connectivity index (χ1v) is 11.3. The number of anilines is 1. The molecule has 1 unspecified atom stereocenters. The van der Waals surface area contributed by atoms with Gasteiger partial charge in [0.1, 0.15) is 17.3 Å². The maximum atomic E-state index is 13.3. The summed E-state index contributed by atoms with van der Waals surface area (Å²) in [4.78, 5) is 40.1. The molecule has 1 amide bonds. The maximum absolute atomic E-state index is 13.3. The molecule has 1 N–H and O–H groups in total. The topological polar surface area (TPSA) is 102 Å². The molecule has 1 fully saturated rings. The van der Waals surface area contributed by atoms with E-state index in [2.05, 4.69) is 0 Å². The minimum Gasteiger partial charge on any atom is -0.507 e. The third-order valence-electron chi connectivity index (χ3n) is 5.84. The molecule has 0 aromatic heterocycles. The monoisotopic (exact) mass is 487 g/mol. The highest BCUT2D eigenvalue weighted by Crippen LogP contribution is 2.43. The fourth-order valence-corrected chi connectivity index (χ4v) is 4.16. The van der Waals surface area contributed by atoms with Crippen LogP contribution in [0.15, 0.2) is 78.4 Å². The van der Waals surface area contributed by atoms with Gasteiger partial charge in [-0.15, -0.1) is 0 Å². The second-order valence-electron chi connectivity index (χ2n) is 7.95. The van der Waals surface area contributed by atoms with Gasteiger partial charge in [0, 0.05) is 11.3 Å². The average Bonchev–Trinajstić information content (AvgIpc) is 3.18. The number of ether oxygens (including phenoxy) is 3. The van der Waals surface area contributed by atoms with E-state index in [-0.39, 0.29) is 16.9 Å². The summed E-state index contributed by atoms with van der Waals surface area (Å²) in [6.07, 6.45) is 0. The Morgan fingerprint density at radius 1 is 0.917 bits per heavy atom. The summed E-state index contributed by atoms with van der Waals surface area (Å²) >= 11 is 0. The molecule has 184 valence electrons. The van der Waals surface area contributed by atoms with E-state index in [1.54, 1.807) is 66.7 Å². The first kappa shape index (κ1) is 24.5. The molecular formula is C28H25NO7. The SMILES string of the molecule is CCOc1ccc(/C(O)=C2\C(=O)C(=O)N(c3cccc(C(=O)OC)c3)C2c2cccc(OC)c2)cc1. The minimum atomic E-state index is -0.973. The lowest BCUT2D eigenvalue weighted by atomic mass is 9.95. The number of rotatable bonds is 7. The highest BCUT2D eigenvalue weighted by atomic mass is 16.5. The molecule has 8 nitrogen and oxygen atoms in total. The quantitative estimate of drug-likeness (QED) is 0.226. The van der Waals surface area contributed by atoms with Crippen LogP contribution in [0, 0.1) is 0 Å². The fraction of sp³-hybridized carbons (Fsp3) is 0.179. The number of Topliss-reactive ketones (excluding diaryl/α,β-unsaturated/α-hetero) is 1. The van der Waals surface area contributed by atoms with Crippen LogP contribution in [0.5, 0.6) is 11.5 Å². The number of hydrogen-bond donors (Lipinski definition) is 1. The van der Waals surface area contributed by atoms with Crippen LogP contribution in [-0.2, 0) is 14.3 Å². The van der Waals surface area contributed by atoms with Crippen LogP contribution in [0.3, 0.4) is 0 Å². The molecule has 0 spiro atoms. The second-order valence-corrected chi connectivity index (χ2v) is 7.95. The number of hydrogen-bond acceptors (Lipinski definition) is 7. The van der Waals surface area contributed by atoms with E-state index in [0.29, 0.717) is 34.9 Å². The molecule has 36 heavy (non-hydrogen) atoms. The molecule has 1 saturated heterocycles. The number of carbonyl (C=O) groups excluding carboxylic acids is 3. The third-order valence-corrected chi connectivity index (χ3v) is 5.84. The number of carbonyl (C=O) groups is 3. The van der Waals surface area contributed by atoms with Crippen LogP contribution in [0.25, 0.3) is 5.76 Å². The Hall–Kier alpha value is -4.59. The summed E-state index contributed by atoms with van der Waals surface area (Å²) in [6.45, 7) is 2.34. The summed E-state index contributed by atoms with van der Waals surface area (Å²) in [5.41, 5.74) is 1.34. The molecule has 4 rings (SSSR count). The van der Waals surface area contributed by atoms with Crippen LogP contribution < -0.4 is 14.4 Å². The van der Waals surface area contributed by atoms with E-state index in [0.717, 1.165) is 0 Å². The molecule has 0 aliphatic carbocycles. The van der Waals surface area contributed by atoms with E-state index in [4.69, 9.17) is 14.2 Å². The number of methoxy groups -OCH3 is 2. The Morgan fingerprint density at radius 2 is 1.64 bits per heavy atom. The van der Waals surface area contributed by atoms with Crippen molar-refractivity contribution in [3.8, 4) is 11.5 Å². The molecule has 8 heteroatoms. The van der Waals surface area contributed by atoms with Crippen molar-refractivity contribution >= 4 is 29.1 Å². The van der Waals surface area contributed by atoms with Gasteiger partial charge in [0.25, 0.3) is 11.7 Å². The van der Waals surface area contributed by atoms with Crippen LogP contribution >= 0.6 is 0 Å². The Bertz CT molecular complexity index is 1340. The molecule has 1 aliphatic rings. The fourth-order valence-electron chi connectivity index (χ4n) is 4.16. The summed E-state index contributed by atoms with van der Waals surface area (Å²) in [5, 5.41) is 11.3. The van der Waals surface area contributed by atoms with Crippen molar-refractivity contribution in [1.29, 1.82) is 0 Å². The lowest BCUT2D eigenvalue weighted by Crippen LogP contribution is -2.29. The Kier molecular flexibility index (Phi) is 7.05. The Balaban J connectivity index is 1.91. The van der Waals surface area contributed by atoms with E-state index >= 15 is 0 Å². The molecule has 0 radical (unpaired) electrons. The van der Waals surface area contributed by atoms with E-state index < -0.39 is 23.7 Å². The number of esters is 1. The lowest BCUT2D eigenvalue weighted by molar-refractivity contribution is -0.132. The van der Waals surface area contributed by atoms with E-state index in [1.807, 2.05) is 6.92 Å². The van der Waals surface area contributed by atoms with Crippen molar-refractivity contribution in [2.24, 2.45) is 0 Å². The molecule has 1 heterocycles. The van der Waals surface area contributed by atoms with Gasteiger partial charge in [-0.3, -0.25) is 14.5 Å². The zero-order chi connectivity index (χ0) is 25.8. The molecule has 0 bridgehead atoms. The third kappa shape index (κ3) is 4.53. The molecular weight excluding hydrogens is 462 g/mol. The predicted octanol–water partition coefficient (Wildman–Crippen LogP) is 4.51. The number of benzene rings is 3. The standard InChI is InChI=1S/C28H25NO7/c1-4-36-21-13-11-17(12-14-21)25(30)23-24(18-7-6-10-22(16-18)34-2)29(27(32)26(23)31)20-9-5-8-19(15-20)28(33)35-3/h5-16,24,30H,4H2,1-3H3/b25-23+. The first-order chi connectivity index (χ1) is 17.4. The predicted molar refractivity (Wildman–Crippen MR) is 133 cm³/mol. The van der Waals surface area contributed by atoms with Crippen LogP contribution in [0.1, 0.15) is 34.5 Å². The Morgan fingerprint density at radius 3 is 2.31 bits per heavy atom. The van der Waals surface area contributed by atoms with Crippen molar-refractivity contribution in [2.75, 3.05) is 25.7 Å². The van der Waals surface area contributed by atoms with Gasteiger partial charge < -0.3 is 19.3 Å². The van der Waals surface area contributed by atoms with Crippen LogP contribution in [0.2, 0.25) is 0 Å². The van der Waals surface area contributed by atoms with Gasteiger partial charge >= 0.3 is 5.97 Å². The number of ketones is 1. The van der Waals surface area contributed by atoms with E-state index in [9.17, 15) is 19.5 Å². The molecule has 1 aliphatic heterocycles. The number of nitrogens with zero attached hydrogens (tertiary/aromatic N) is 1. The van der Waals surface area contributed by atoms with Crippen molar-refractivity contribution in [2.45, 2.75) is 13.0 Å². The number of aliphatic hydroxyl groups excluding tert-OH is 1. The summed E-state index contributed by atoms with van der Waals surface area (Å²) < 4.78 is 15.6. The second kappa shape index (κ2) is 10.4. The first-order valence-electron chi connectivity index (χ1n) is 11.3. The largest absolute Gasteiger partial charge is 0.507 e. The normalized spacial score (nSPS) is 16.6. The van der Waals surface area contributed by atoms with Gasteiger partial charge in [-0.1, -0.05) is 18.2 Å². The van der Waals surface area contributed by atoms with Gasteiger partial charge in [-0.2, -0.15) is 0 Å². The minimum absolute atomic E-state index is 0.0825. The molecule has 1 atom stereocenters. The van der Waals surface area contributed by atoms with E-state index in [1.165, 1.54) is 25.2 Å². The maximum Gasteiger partial charge on any atom is 0.337 e. The van der Waals surface area contributed by atoms with Crippen LogP contribution in [0.4, 0.5) is 5.69 Å². The van der Waals surface area contributed by atoms with Gasteiger partial charge in [0.05, 0.1) is 38.0 Å². The number of amides is 1. The smallest absolute Gasteiger partial charge is 0.337 e. The molecule has 3 aromatic rings. The highest BCUT2D eigenvalue weighted by Gasteiger charge is 2.47. The lowest BCUT2D eigenvalue weighted by Gasteiger charge is -2.26. The van der Waals surface area contributed by atoms with Crippen molar-refractivity contribution in [3.05, 3.63) is 95.1 Å². The zero-order valence-electron chi connectivity index (χ0n) is 20.1. The number of aliphatic hydroxyl groups is 1. The van der Waals surface area contributed by atoms with Gasteiger partial charge in [-0.25, -0.2) is 4.79 Å². The van der Waals surface area contributed by atoms with Gasteiger partial charge in [-0.05, 0) is 67.1 Å². The average molecular weight is 488 g/mol.